The Morgan fingerprint density at radius 1 is 1.25 bits per heavy atom. The number of carbonyl (C=O) groups is 1. The number of esters is 1. The quantitative estimate of drug-likeness (QED) is 0.521. The fraction of sp³-hybridized carbons (Fsp3) is 0.250. The first kappa shape index (κ1) is 14.0. The maximum Gasteiger partial charge on any atom is 0.337 e. The molecule has 2 atom stereocenters. The number of aromatic nitrogens is 2. The van der Waals surface area contributed by atoms with Gasteiger partial charge in [-0.1, -0.05) is 6.07 Å². The van der Waals surface area contributed by atoms with Crippen LogP contribution in [0.2, 0.25) is 0 Å². The minimum Gasteiger partial charge on any atom is -0.467 e. The zero-order valence-corrected chi connectivity index (χ0v) is 10.4. The molecule has 0 saturated heterocycles. The molecule has 0 radical (unpaired) electrons. The van der Waals surface area contributed by atoms with E-state index in [9.17, 15) is 24.6 Å². The lowest BCUT2D eigenvalue weighted by Gasteiger charge is -2.16. The molecule has 8 nitrogen and oxygen atoms in total. The fourth-order valence-corrected chi connectivity index (χ4v) is 1.80. The van der Waals surface area contributed by atoms with Gasteiger partial charge < -0.3 is 19.9 Å². The van der Waals surface area contributed by atoms with Gasteiger partial charge in [0.05, 0.1) is 18.0 Å². The maximum absolute atomic E-state index is 11.6. The minimum absolute atomic E-state index is 0.123. The molecule has 0 spiro atoms. The molecule has 2 aromatic rings. The molecule has 20 heavy (non-hydrogen) atoms. The second-order valence-electron chi connectivity index (χ2n) is 4.13. The third-order valence-electron chi connectivity index (χ3n) is 2.85. The van der Waals surface area contributed by atoms with Crippen molar-refractivity contribution in [3.8, 4) is 0 Å². The van der Waals surface area contributed by atoms with E-state index in [4.69, 9.17) is 0 Å². The smallest absolute Gasteiger partial charge is 0.337 e. The molecule has 1 heterocycles. The number of H-pyrrole nitrogens is 2. The number of nitrogens with one attached hydrogen (secondary N) is 2. The van der Waals surface area contributed by atoms with E-state index in [0.29, 0.717) is 0 Å². The Labute approximate surface area is 111 Å². The number of methoxy groups -OCH3 is 1. The number of rotatable bonds is 3. The number of hydrogen-bond acceptors (Lipinski definition) is 6. The van der Waals surface area contributed by atoms with Crippen LogP contribution in [0.4, 0.5) is 0 Å². The average molecular weight is 280 g/mol. The van der Waals surface area contributed by atoms with Gasteiger partial charge in [0.2, 0.25) is 0 Å². The summed E-state index contributed by atoms with van der Waals surface area (Å²) in [6.45, 7) is 0. The number of ether oxygens (including phenoxy) is 1. The van der Waals surface area contributed by atoms with Gasteiger partial charge in [0, 0.05) is 0 Å². The molecule has 106 valence electrons. The Hall–Kier alpha value is -2.45. The maximum atomic E-state index is 11.6. The van der Waals surface area contributed by atoms with Crippen LogP contribution in [0.15, 0.2) is 27.8 Å². The topological polar surface area (TPSA) is 132 Å². The summed E-state index contributed by atoms with van der Waals surface area (Å²) < 4.78 is 4.32. The fourth-order valence-electron chi connectivity index (χ4n) is 1.80. The molecule has 4 N–H and O–H groups in total. The number of hydrogen-bond donors (Lipinski definition) is 4. The van der Waals surface area contributed by atoms with E-state index in [1.54, 1.807) is 0 Å². The largest absolute Gasteiger partial charge is 0.467 e. The number of carbonyl (C=O) groups excluding carboxylic acids is 1. The highest BCUT2D eigenvalue weighted by Gasteiger charge is 2.26. The molecule has 8 heteroatoms. The molecule has 0 aliphatic heterocycles. The van der Waals surface area contributed by atoms with Crippen molar-refractivity contribution in [3.63, 3.8) is 0 Å². The minimum atomic E-state index is -1.76. The van der Waals surface area contributed by atoms with Gasteiger partial charge in [-0.2, -0.15) is 0 Å². The van der Waals surface area contributed by atoms with Crippen molar-refractivity contribution < 1.29 is 19.7 Å². The lowest BCUT2D eigenvalue weighted by molar-refractivity contribution is -0.156. The molecule has 0 bridgehead atoms. The average Bonchev–Trinajstić information content (AvgIpc) is 2.44. The first-order valence-electron chi connectivity index (χ1n) is 5.64. The third kappa shape index (κ3) is 2.46. The van der Waals surface area contributed by atoms with E-state index in [2.05, 4.69) is 9.72 Å². The molecule has 1 aromatic heterocycles. The predicted molar refractivity (Wildman–Crippen MR) is 68.2 cm³/mol. The highest BCUT2D eigenvalue weighted by Crippen LogP contribution is 2.20. The molecular weight excluding hydrogens is 268 g/mol. The Morgan fingerprint density at radius 2 is 1.95 bits per heavy atom. The molecule has 0 amide bonds. The monoisotopic (exact) mass is 280 g/mol. The summed E-state index contributed by atoms with van der Waals surface area (Å²) in [5, 5.41) is 19.5. The molecule has 2 unspecified atom stereocenters. The lowest BCUT2D eigenvalue weighted by Crippen LogP contribution is -2.29. The SMILES string of the molecule is COC(=O)C(O)C(O)c1ccc2[nH]c(=O)[nH]c(=O)c2c1. The van der Waals surface area contributed by atoms with E-state index in [0.717, 1.165) is 7.11 Å². The Kier molecular flexibility index (Phi) is 3.68. The standard InChI is InChI=1S/C12H12N2O6/c1-20-11(18)9(16)8(15)5-2-3-7-6(4-5)10(17)14-12(19)13-7/h2-4,8-9,15-16H,1H3,(H2,13,14,17,19). The van der Waals surface area contributed by atoms with Crippen LogP contribution in [0.3, 0.4) is 0 Å². The van der Waals surface area contributed by atoms with Gasteiger partial charge in [0.15, 0.2) is 6.10 Å². The summed E-state index contributed by atoms with van der Waals surface area (Å²) >= 11 is 0. The van der Waals surface area contributed by atoms with Gasteiger partial charge in [0.1, 0.15) is 6.10 Å². The number of fused-ring (bicyclic) bond motifs is 1. The predicted octanol–water partition coefficient (Wildman–Crippen LogP) is -1.22. The molecule has 2 rings (SSSR count). The van der Waals surface area contributed by atoms with Gasteiger partial charge in [-0.25, -0.2) is 9.59 Å². The van der Waals surface area contributed by atoms with Crippen LogP contribution in [-0.4, -0.2) is 39.4 Å². The summed E-state index contributed by atoms with van der Waals surface area (Å²) in [6, 6.07) is 4.06. The second-order valence-corrected chi connectivity index (χ2v) is 4.13. The van der Waals surface area contributed by atoms with Crippen LogP contribution >= 0.6 is 0 Å². The van der Waals surface area contributed by atoms with Gasteiger partial charge in [-0.15, -0.1) is 0 Å². The highest BCUT2D eigenvalue weighted by molar-refractivity contribution is 5.79. The molecule has 0 aliphatic carbocycles. The van der Waals surface area contributed by atoms with Crippen molar-refractivity contribution in [2.45, 2.75) is 12.2 Å². The van der Waals surface area contributed by atoms with Crippen LogP contribution in [0.1, 0.15) is 11.7 Å². The molecule has 0 saturated carbocycles. The Morgan fingerprint density at radius 3 is 2.60 bits per heavy atom. The van der Waals surface area contributed by atoms with E-state index >= 15 is 0 Å². The third-order valence-corrected chi connectivity index (χ3v) is 2.85. The van der Waals surface area contributed by atoms with Crippen molar-refractivity contribution in [2.24, 2.45) is 0 Å². The van der Waals surface area contributed by atoms with Crippen LogP contribution in [0.5, 0.6) is 0 Å². The first-order valence-corrected chi connectivity index (χ1v) is 5.64. The van der Waals surface area contributed by atoms with Crippen molar-refractivity contribution >= 4 is 16.9 Å². The van der Waals surface area contributed by atoms with Crippen LogP contribution < -0.4 is 11.2 Å². The van der Waals surface area contributed by atoms with Gasteiger partial charge in [-0.05, 0) is 17.7 Å². The summed E-state index contributed by atoms with van der Waals surface area (Å²) in [4.78, 5) is 38.3. The molecule has 0 aliphatic rings. The number of aliphatic hydroxyl groups excluding tert-OH is 2. The van der Waals surface area contributed by atoms with Crippen LogP contribution in [-0.2, 0) is 9.53 Å². The summed E-state index contributed by atoms with van der Waals surface area (Å²) in [7, 11) is 1.08. The Bertz CT molecular complexity index is 762. The van der Waals surface area contributed by atoms with Crippen LogP contribution in [0.25, 0.3) is 10.9 Å². The van der Waals surface area contributed by atoms with E-state index in [1.165, 1.54) is 18.2 Å². The summed E-state index contributed by atoms with van der Waals surface area (Å²) in [5.74, 6) is -0.993. The molecule has 0 fully saturated rings. The van der Waals surface area contributed by atoms with Crippen molar-refractivity contribution in [1.82, 2.24) is 9.97 Å². The number of aromatic amines is 2. The zero-order valence-electron chi connectivity index (χ0n) is 10.4. The normalized spacial score (nSPS) is 13.9. The van der Waals surface area contributed by atoms with E-state index in [-0.39, 0.29) is 16.5 Å². The second kappa shape index (κ2) is 5.27. The number of aliphatic hydroxyl groups is 2. The highest BCUT2D eigenvalue weighted by atomic mass is 16.5. The van der Waals surface area contributed by atoms with Crippen molar-refractivity contribution in [1.29, 1.82) is 0 Å². The molecule has 1 aromatic carbocycles. The summed E-state index contributed by atoms with van der Waals surface area (Å²) in [5.41, 5.74) is -0.856. The van der Waals surface area contributed by atoms with Gasteiger partial charge >= 0.3 is 11.7 Å². The summed E-state index contributed by atoms with van der Waals surface area (Å²) in [6.07, 6.45) is -3.31. The van der Waals surface area contributed by atoms with E-state index in [1.807, 2.05) is 4.98 Å². The number of benzene rings is 1. The van der Waals surface area contributed by atoms with Crippen molar-refractivity contribution in [3.05, 3.63) is 44.6 Å². The van der Waals surface area contributed by atoms with E-state index < -0.39 is 29.4 Å². The Balaban J connectivity index is 2.49. The van der Waals surface area contributed by atoms with Gasteiger partial charge in [-0.3, -0.25) is 9.78 Å². The lowest BCUT2D eigenvalue weighted by atomic mass is 10.0. The molecular formula is C12H12N2O6. The van der Waals surface area contributed by atoms with Crippen LogP contribution in [0, 0.1) is 0 Å². The van der Waals surface area contributed by atoms with Crippen molar-refractivity contribution in [2.75, 3.05) is 7.11 Å². The van der Waals surface area contributed by atoms with Gasteiger partial charge in [0.25, 0.3) is 5.56 Å². The zero-order chi connectivity index (χ0) is 14.9. The first-order chi connectivity index (χ1) is 9.43.